The number of guanidine groups is 1. The minimum absolute atomic E-state index is 0.0895. The summed E-state index contributed by atoms with van der Waals surface area (Å²) < 4.78 is 0. The van der Waals surface area contributed by atoms with Crippen LogP contribution in [0.2, 0.25) is 0 Å². The van der Waals surface area contributed by atoms with Crippen LogP contribution in [-0.2, 0) is 4.79 Å². The fourth-order valence-corrected chi connectivity index (χ4v) is 3.90. The maximum atomic E-state index is 11.1. The topological polar surface area (TPSA) is 65.5 Å². The van der Waals surface area contributed by atoms with Gasteiger partial charge in [0.25, 0.3) is 0 Å². The molecule has 2 saturated carbocycles. The molecule has 5 heteroatoms. The summed E-state index contributed by atoms with van der Waals surface area (Å²) in [5.41, 5.74) is 0.939. The molecule has 26 heavy (non-hydrogen) atoms. The normalized spacial score (nSPS) is 20.7. The first kappa shape index (κ1) is 20.8. The SMILES string of the molecule is CC(=O)C=C(C)NCCCNC(=NC1CCCCC1)NC1CCCCC1. The Morgan fingerprint density at radius 1 is 0.923 bits per heavy atom. The molecule has 0 aromatic heterocycles. The highest BCUT2D eigenvalue weighted by Crippen LogP contribution is 2.21. The highest BCUT2D eigenvalue weighted by molar-refractivity contribution is 5.87. The third-order valence-corrected chi connectivity index (χ3v) is 5.30. The zero-order valence-electron chi connectivity index (χ0n) is 16.8. The molecule has 0 amide bonds. The lowest BCUT2D eigenvalue weighted by Crippen LogP contribution is -2.45. The van der Waals surface area contributed by atoms with Gasteiger partial charge in [0, 0.05) is 24.8 Å². The van der Waals surface area contributed by atoms with E-state index < -0.39 is 0 Å². The molecule has 0 saturated heterocycles. The Kier molecular flexibility index (Phi) is 9.57. The molecule has 2 aliphatic carbocycles. The van der Waals surface area contributed by atoms with Crippen molar-refractivity contribution in [2.45, 2.75) is 96.6 Å². The van der Waals surface area contributed by atoms with Gasteiger partial charge in [-0.1, -0.05) is 38.5 Å². The number of nitrogens with zero attached hydrogens (tertiary/aromatic N) is 1. The molecule has 0 aromatic carbocycles. The van der Waals surface area contributed by atoms with Gasteiger partial charge in [0.15, 0.2) is 11.7 Å². The van der Waals surface area contributed by atoms with Crippen molar-refractivity contribution in [3.63, 3.8) is 0 Å². The first-order valence-electron chi connectivity index (χ1n) is 10.6. The number of hydrogen-bond donors (Lipinski definition) is 3. The van der Waals surface area contributed by atoms with Gasteiger partial charge in [-0.2, -0.15) is 0 Å². The standard InChI is InChI=1S/C21H38N4O/c1-17(16-18(2)26)22-14-9-15-23-21(24-19-10-5-3-6-11-19)25-20-12-7-4-8-13-20/h16,19-20,22H,3-15H2,1-2H3,(H2,23,24,25). The van der Waals surface area contributed by atoms with Crippen LogP contribution in [0.3, 0.4) is 0 Å². The first-order valence-corrected chi connectivity index (χ1v) is 10.6. The van der Waals surface area contributed by atoms with Crippen molar-refractivity contribution in [2.75, 3.05) is 13.1 Å². The predicted molar refractivity (Wildman–Crippen MR) is 109 cm³/mol. The second kappa shape index (κ2) is 12.0. The number of aliphatic imine (C=N–C) groups is 1. The van der Waals surface area contributed by atoms with Crippen molar-refractivity contribution >= 4 is 11.7 Å². The number of nitrogens with one attached hydrogen (secondary N) is 3. The Bertz CT molecular complexity index is 474. The van der Waals surface area contributed by atoms with Gasteiger partial charge in [0.2, 0.25) is 0 Å². The van der Waals surface area contributed by atoms with Crippen LogP contribution < -0.4 is 16.0 Å². The summed E-state index contributed by atoms with van der Waals surface area (Å²) in [4.78, 5) is 16.1. The van der Waals surface area contributed by atoms with E-state index in [4.69, 9.17) is 4.99 Å². The summed E-state index contributed by atoms with van der Waals surface area (Å²) in [6.45, 7) is 5.28. The third kappa shape index (κ3) is 8.72. The van der Waals surface area contributed by atoms with Gasteiger partial charge in [-0.05, 0) is 52.0 Å². The number of carbonyl (C=O) groups is 1. The Balaban J connectivity index is 1.77. The van der Waals surface area contributed by atoms with Crippen molar-refractivity contribution in [3.05, 3.63) is 11.8 Å². The van der Waals surface area contributed by atoms with E-state index in [9.17, 15) is 4.79 Å². The molecule has 2 rings (SSSR count). The average Bonchev–Trinajstić information content (AvgIpc) is 2.62. The van der Waals surface area contributed by atoms with Crippen LogP contribution in [0.5, 0.6) is 0 Å². The van der Waals surface area contributed by atoms with E-state index in [1.165, 1.54) is 64.2 Å². The molecule has 2 fully saturated rings. The van der Waals surface area contributed by atoms with Crippen LogP contribution in [0, 0.1) is 0 Å². The monoisotopic (exact) mass is 362 g/mol. The quantitative estimate of drug-likeness (QED) is 0.267. The average molecular weight is 363 g/mol. The molecule has 0 bridgehead atoms. The van der Waals surface area contributed by atoms with Gasteiger partial charge in [0.05, 0.1) is 6.04 Å². The fraction of sp³-hybridized carbons (Fsp3) is 0.810. The minimum atomic E-state index is 0.0895. The van der Waals surface area contributed by atoms with Crippen LogP contribution in [-0.4, -0.2) is 36.9 Å². The van der Waals surface area contributed by atoms with Crippen LogP contribution >= 0.6 is 0 Å². The summed E-state index contributed by atoms with van der Waals surface area (Å²) in [6.07, 6.45) is 15.7. The smallest absolute Gasteiger partial charge is 0.191 e. The van der Waals surface area contributed by atoms with Crippen LogP contribution in [0.25, 0.3) is 0 Å². The predicted octanol–water partition coefficient (Wildman–Crippen LogP) is 3.66. The fourth-order valence-electron chi connectivity index (χ4n) is 3.90. The Hall–Kier alpha value is -1.52. The van der Waals surface area contributed by atoms with Gasteiger partial charge in [-0.15, -0.1) is 0 Å². The van der Waals surface area contributed by atoms with Gasteiger partial charge in [-0.3, -0.25) is 4.79 Å². The Morgan fingerprint density at radius 2 is 1.54 bits per heavy atom. The highest BCUT2D eigenvalue weighted by Gasteiger charge is 2.17. The number of ketones is 1. The number of rotatable bonds is 8. The lowest BCUT2D eigenvalue weighted by molar-refractivity contribution is -0.112. The van der Waals surface area contributed by atoms with E-state index in [2.05, 4.69) is 16.0 Å². The van der Waals surface area contributed by atoms with Crippen molar-refractivity contribution in [1.29, 1.82) is 0 Å². The van der Waals surface area contributed by atoms with E-state index in [0.29, 0.717) is 12.1 Å². The molecule has 2 aliphatic rings. The number of carbonyl (C=O) groups excluding carboxylic acids is 1. The maximum Gasteiger partial charge on any atom is 0.191 e. The van der Waals surface area contributed by atoms with E-state index in [-0.39, 0.29) is 5.78 Å². The second-order valence-electron chi connectivity index (χ2n) is 7.89. The molecular formula is C21H38N4O. The van der Waals surface area contributed by atoms with E-state index in [1.54, 1.807) is 13.0 Å². The van der Waals surface area contributed by atoms with E-state index in [1.807, 2.05) is 6.92 Å². The maximum absolute atomic E-state index is 11.1. The van der Waals surface area contributed by atoms with Gasteiger partial charge >= 0.3 is 0 Å². The zero-order valence-corrected chi connectivity index (χ0v) is 16.8. The van der Waals surface area contributed by atoms with E-state index in [0.717, 1.165) is 31.2 Å². The van der Waals surface area contributed by atoms with Crippen LogP contribution in [0.15, 0.2) is 16.8 Å². The molecule has 0 atom stereocenters. The molecule has 148 valence electrons. The van der Waals surface area contributed by atoms with Crippen molar-refractivity contribution < 1.29 is 4.79 Å². The largest absolute Gasteiger partial charge is 0.388 e. The molecule has 0 unspecified atom stereocenters. The van der Waals surface area contributed by atoms with Gasteiger partial charge in [-0.25, -0.2) is 4.99 Å². The molecule has 0 spiro atoms. The van der Waals surface area contributed by atoms with Gasteiger partial charge < -0.3 is 16.0 Å². The summed E-state index contributed by atoms with van der Waals surface area (Å²) in [5.74, 6) is 1.10. The van der Waals surface area contributed by atoms with Crippen molar-refractivity contribution in [3.8, 4) is 0 Å². The van der Waals surface area contributed by atoms with Gasteiger partial charge in [0.1, 0.15) is 0 Å². The molecular weight excluding hydrogens is 324 g/mol. The highest BCUT2D eigenvalue weighted by atomic mass is 16.1. The van der Waals surface area contributed by atoms with E-state index >= 15 is 0 Å². The summed E-state index contributed by atoms with van der Waals surface area (Å²) in [5, 5.41) is 10.5. The second-order valence-corrected chi connectivity index (χ2v) is 7.89. The van der Waals surface area contributed by atoms with Crippen LogP contribution in [0.4, 0.5) is 0 Å². The summed E-state index contributed by atoms with van der Waals surface area (Å²) in [6, 6.07) is 1.07. The number of hydrogen-bond acceptors (Lipinski definition) is 3. The molecule has 0 aromatic rings. The summed E-state index contributed by atoms with van der Waals surface area (Å²) >= 11 is 0. The molecule has 0 heterocycles. The molecule has 0 aliphatic heterocycles. The Morgan fingerprint density at radius 3 is 2.19 bits per heavy atom. The Labute approximate surface area is 159 Å². The van der Waals surface area contributed by atoms with Crippen molar-refractivity contribution in [2.24, 2.45) is 4.99 Å². The first-order chi connectivity index (χ1) is 12.6. The minimum Gasteiger partial charge on any atom is -0.388 e. The lowest BCUT2D eigenvalue weighted by Gasteiger charge is -2.27. The summed E-state index contributed by atoms with van der Waals surface area (Å²) in [7, 11) is 0. The third-order valence-electron chi connectivity index (χ3n) is 5.30. The molecule has 3 N–H and O–H groups in total. The zero-order chi connectivity index (χ0) is 18.6. The van der Waals surface area contributed by atoms with Crippen molar-refractivity contribution in [1.82, 2.24) is 16.0 Å². The van der Waals surface area contributed by atoms with Crippen LogP contribution in [0.1, 0.15) is 84.5 Å². The lowest BCUT2D eigenvalue weighted by atomic mass is 9.95. The number of allylic oxidation sites excluding steroid dienone is 2. The molecule has 5 nitrogen and oxygen atoms in total. The molecule has 0 radical (unpaired) electrons.